The number of hydrogen-bond acceptors (Lipinski definition) is 6. The van der Waals surface area contributed by atoms with Gasteiger partial charge in [-0.05, 0) is 70.8 Å². The number of nitrogens with one attached hydrogen (secondary N) is 3. The van der Waals surface area contributed by atoms with E-state index in [2.05, 4.69) is 41.9 Å². The second kappa shape index (κ2) is 23.8. The summed E-state index contributed by atoms with van der Waals surface area (Å²) < 4.78 is 5.06. The number of hydrogen-bond donors (Lipinski definition) is 3. The van der Waals surface area contributed by atoms with E-state index in [4.69, 9.17) is 4.74 Å². The number of amides is 3. The lowest BCUT2D eigenvalue weighted by molar-refractivity contribution is -0.127. The molecular weight excluding hydrogens is 582 g/mol. The summed E-state index contributed by atoms with van der Waals surface area (Å²) in [5.74, 6) is 0.359. The molecule has 0 bridgehead atoms. The van der Waals surface area contributed by atoms with E-state index >= 15 is 0 Å². The molecule has 3 amide bonds. The van der Waals surface area contributed by atoms with Crippen LogP contribution in [0.5, 0.6) is 0 Å². The van der Waals surface area contributed by atoms with Crippen LogP contribution in [-0.2, 0) is 30.5 Å². The number of alkyl carbamates (subject to hydrolysis) is 1. The van der Waals surface area contributed by atoms with Gasteiger partial charge in [0.25, 0.3) is 0 Å². The minimum Gasteiger partial charge on any atom is -0.444 e. The lowest BCUT2D eigenvalue weighted by Crippen LogP contribution is -2.37. The maximum Gasteiger partial charge on any atom is 0.408 e. The fourth-order valence-corrected chi connectivity index (χ4v) is 4.72. The van der Waals surface area contributed by atoms with E-state index in [0.29, 0.717) is 18.9 Å². The number of carbonyl (C=O) groups is 5. The fraction of sp³-hybridized carbons (Fsp3) is 0.649. The van der Waals surface area contributed by atoms with Gasteiger partial charge in [-0.3, -0.25) is 14.4 Å². The van der Waals surface area contributed by atoms with E-state index in [0.717, 1.165) is 63.2 Å². The zero-order chi connectivity index (χ0) is 34.2. The molecule has 0 aliphatic heterocycles. The van der Waals surface area contributed by atoms with E-state index in [1.807, 2.05) is 30.3 Å². The van der Waals surface area contributed by atoms with Crippen molar-refractivity contribution in [1.29, 1.82) is 0 Å². The largest absolute Gasteiger partial charge is 0.444 e. The highest BCUT2D eigenvalue weighted by Gasteiger charge is 2.40. The van der Waals surface area contributed by atoms with Crippen LogP contribution >= 0.6 is 0 Å². The Labute approximate surface area is 277 Å². The Balaban J connectivity index is 0.000000463. The Morgan fingerprint density at radius 1 is 0.891 bits per heavy atom. The normalized spacial score (nSPS) is 16.0. The number of aldehydes is 1. The lowest BCUT2D eigenvalue weighted by Gasteiger charge is -2.19. The molecular formula is C37H59N3O6. The van der Waals surface area contributed by atoms with Crippen LogP contribution in [0.1, 0.15) is 117 Å². The van der Waals surface area contributed by atoms with Crippen molar-refractivity contribution in [3.63, 3.8) is 0 Å². The highest BCUT2D eigenvalue weighted by molar-refractivity contribution is 5.87. The standard InChI is InChI=1S/C20H28N2O2.C17H31NO4/c1-2-3-4-5-9-12-17-13-18(17)20(24)22-15-19(23)21-14-16-10-7-6-8-11-16;1-5-6-9-14(13-19)10-7-8-11-15(20)12-18-16(21)22-17(2,3)4/h6-12,17-18H,2-5,13-15H2,1H3,(H,21,23)(H,22,24);13-14H,5-12H2,1-4H3,(H,18,21)/b12-9-;/t17-,18+;14-/m11/s1. The van der Waals surface area contributed by atoms with Gasteiger partial charge in [-0.25, -0.2) is 4.79 Å². The highest BCUT2D eigenvalue weighted by Crippen LogP contribution is 2.39. The van der Waals surface area contributed by atoms with Crippen molar-refractivity contribution in [2.45, 2.75) is 124 Å². The molecule has 0 radical (unpaired) electrons. The predicted octanol–water partition coefficient (Wildman–Crippen LogP) is 6.84. The molecule has 1 aliphatic carbocycles. The molecule has 1 saturated carbocycles. The van der Waals surface area contributed by atoms with Crippen LogP contribution in [0, 0.1) is 17.8 Å². The van der Waals surface area contributed by atoms with Gasteiger partial charge in [-0.2, -0.15) is 0 Å². The molecule has 9 heteroatoms. The average molecular weight is 642 g/mol. The number of ether oxygens (including phenoxy) is 1. The first-order chi connectivity index (χ1) is 22.0. The van der Waals surface area contributed by atoms with Crippen molar-refractivity contribution >= 4 is 30.0 Å². The Hall–Kier alpha value is -3.49. The third-order valence-corrected chi connectivity index (χ3v) is 7.52. The first kappa shape index (κ1) is 40.5. The summed E-state index contributed by atoms with van der Waals surface area (Å²) in [6, 6.07) is 9.73. The number of benzene rings is 1. The van der Waals surface area contributed by atoms with E-state index < -0.39 is 11.7 Å². The average Bonchev–Trinajstić information content (AvgIpc) is 3.81. The van der Waals surface area contributed by atoms with Gasteiger partial charge in [-0.1, -0.05) is 88.4 Å². The van der Waals surface area contributed by atoms with Crippen molar-refractivity contribution in [2.75, 3.05) is 13.1 Å². The third-order valence-electron chi connectivity index (χ3n) is 7.52. The van der Waals surface area contributed by atoms with Gasteiger partial charge in [0.2, 0.25) is 11.8 Å². The summed E-state index contributed by atoms with van der Waals surface area (Å²) in [4.78, 5) is 57.7. The molecule has 2 rings (SSSR count). The molecule has 46 heavy (non-hydrogen) atoms. The van der Waals surface area contributed by atoms with E-state index in [-0.39, 0.29) is 42.5 Å². The Kier molecular flexibility index (Phi) is 21.0. The molecule has 0 saturated heterocycles. The molecule has 1 aromatic rings. The highest BCUT2D eigenvalue weighted by atomic mass is 16.6. The van der Waals surface area contributed by atoms with Gasteiger partial charge >= 0.3 is 6.09 Å². The van der Waals surface area contributed by atoms with Gasteiger partial charge in [0, 0.05) is 24.8 Å². The number of carbonyl (C=O) groups excluding carboxylic acids is 5. The maximum absolute atomic E-state index is 12.0. The number of Topliss-reactive ketones (excluding diaryl/α,β-unsaturated/α-hetero) is 1. The summed E-state index contributed by atoms with van der Waals surface area (Å²) in [6.07, 6.45) is 16.5. The SMILES string of the molecule is CCCCC/C=C\[C@@H]1C[C@@H]1C(=O)NCC(=O)NCc1ccccc1.CCCC[C@@H](C=O)CCCCC(=O)CNC(=O)OC(C)(C)C. The second-order valence-electron chi connectivity index (χ2n) is 13.1. The smallest absolute Gasteiger partial charge is 0.408 e. The van der Waals surface area contributed by atoms with Gasteiger partial charge in [0.1, 0.15) is 11.9 Å². The van der Waals surface area contributed by atoms with Crippen molar-refractivity contribution in [1.82, 2.24) is 16.0 Å². The Morgan fingerprint density at radius 3 is 2.24 bits per heavy atom. The van der Waals surface area contributed by atoms with Crippen molar-refractivity contribution in [3.8, 4) is 0 Å². The van der Waals surface area contributed by atoms with Crippen LogP contribution in [-0.4, -0.2) is 48.7 Å². The molecule has 258 valence electrons. The van der Waals surface area contributed by atoms with Gasteiger partial charge in [0.15, 0.2) is 5.78 Å². The van der Waals surface area contributed by atoms with Crippen LogP contribution in [0.4, 0.5) is 4.79 Å². The fourth-order valence-electron chi connectivity index (χ4n) is 4.72. The Bertz CT molecular complexity index is 1070. The lowest BCUT2D eigenvalue weighted by atomic mass is 9.96. The minimum absolute atomic E-state index is 0.00184. The monoisotopic (exact) mass is 641 g/mol. The van der Waals surface area contributed by atoms with Gasteiger partial charge in [0.05, 0.1) is 13.1 Å². The molecule has 0 heterocycles. The number of unbranched alkanes of at least 4 members (excludes halogenated alkanes) is 5. The minimum atomic E-state index is -0.568. The van der Waals surface area contributed by atoms with Crippen LogP contribution in [0.2, 0.25) is 0 Å². The van der Waals surface area contributed by atoms with Gasteiger partial charge < -0.3 is 25.5 Å². The van der Waals surface area contributed by atoms with Crippen molar-refractivity contribution in [2.24, 2.45) is 17.8 Å². The van der Waals surface area contributed by atoms with Crippen LogP contribution in [0.15, 0.2) is 42.5 Å². The molecule has 1 aliphatic rings. The zero-order valence-corrected chi connectivity index (χ0v) is 28.9. The number of allylic oxidation sites excluding steroid dienone is 2. The number of rotatable bonds is 21. The predicted molar refractivity (Wildman–Crippen MR) is 183 cm³/mol. The van der Waals surface area contributed by atoms with E-state index in [9.17, 15) is 24.0 Å². The first-order valence-electron chi connectivity index (χ1n) is 17.2. The maximum atomic E-state index is 12.0. The number of ketones is 1. The van der Waals surface area contributed by atoms with Gasteiger partial charge in [-0.15, -0.1) is 0 Å². The molecule has 1 aromatic carbocycles. The molecule has 0 spiro atoms. The summed E-state index contributed by atoms with van der Waals surface area (Å²) in [5.41, 5.74) is 0.489. The van der Waals surface area contributed by atoms with Crippen LogP contribution in [0.25, 0.3) is 0 Å². The first-order valence-corrected chi connectivity index (χ1v) is 17.2. The quantitative estimate of drug-likeness (QED) is 0.0766. The molecule has 1 fully saturated rings. The second-order valence-corrected chi connectivity index (χ2v) is 13.1. The zero-order valence-electron chi connectivity index (χ0n) is 28.9. The summed E-state index contributed by atoms with van der Waals surface area (Å²) >= 11 is 0. The molecule has 3 N–H and O–H groups in total. The Morgan fingerprint density at radius 2 is 1.59 bits per heavy atom. The molecule has 3 atom stereocenters. The van der Waals surface area contributed by atoms with Crippen LogP contribution in [0.3, 0.4) is 0 Å². The summed E-state index contributed by atoms with van der Waals surface area (Å²) in [7, 11) is 0. The van der Waals surface area contributed by atoms with Crippen molar-refractivity contribution in [3.05, 3.63) is 48.0 Å². The van der Waals surface area contributed by atoms with Crippen LogP contribution < -0.4 is 16.0 Å². The molecule has 9 nitrogen and oxygen atoms in total. The molecule has 0 unspecified atom stereocenters. The summed E-state index contributed by atoms with van der Waals surface area (Å²) in [5, 5.41) is 8.01. The molecule has 0 aromatic heterocycles. The van der Waals surface area contributed by atoms with Crippen molar-refractivity contribution < 1.29 is 28.7 Å². The van der Waals surface area contributed by atoms with E-state index in [1.165, 1.54) is 19.3 Å². The third kappa shape index (κ3) is 21.3. The summed E-state index contributed by atoms with van der Waals surface area (Å²) in [6.45, 7) is 10.2. The topological polar surface area (TPSA) is 131 Å². The van der Waals surface area contributed by atoms with E-state index in [1.54, 1.807) is 20.8 Å².